The summed E-state index contributed by atoms with van der Waals surface area (Å²) in [6.07, 6.45) is 1.18. The van der Waals surface area contributed by atoms with E-state index in [1.54, 1.807) is 18.8 Å². The number of aromatic nitrogens is 2. The molecule has 1 fully saturated rings. The van der Waals surface area contributed by atoms with E-state index in [-0.39, 0.29) is 18.5 Å². The van der Waals surface area contributed by atoms with Crippen molar-refractivity contribution in [2.45, 2.75) is 20.3 Å². The minimum absolute atomic E-state index is 0.102. The highest BCUT2D eigenvalue weighted by atomic mass is 17.0. The van der Waals surface area contributed by atoms with Gasteiger partial charge in [0.15, 0.2) is 6.61 Å². The van der Waals surface area contributed by atoms with E-state index >= 15 is 0 Å². The van der Waals surface area contributed by atoms with Gasteiger partial charge in [-0.2, -0.15) is 4.63 Å². The van der Waals surface area contributed by atoms with E-state index in [1.807, 2.05) is 5.01 Å². The van der Waals surface area contributed by atoms with Crippen LogP contribution >= 0.6 is 0 Å². The normalized spacial score (nSPS) is 15.3. The van der Waals surface area contributed by atoms with Crippen molar-refractivity contribution in [2.24, 2.45) is 5.92 Å². The van der Waals surface area contributed by atoms with E-state index in [0.717, 1.165) is 13.1 Å². The number of hydrogen-bond acceptors (Lipinski definition) is 5. The summed E-state index contributed by atoms with van der Waals surface area (Å²) in [5, 5.41) is 3.28. The van der Waals surface area contributed by atoms with E-state index < -0.39 is 0 Å². The number of nitrogens with zero attached hydrogens (tertiary/aromatic N) is 3. The highest BCUT2D eigenvalue weighted by Gasteiger charge is 2.25. The van der Waals surface area contributed by atoms with Gasteiger partial charge >= 0.3 is 5.97 Å². The monoisotopic (exact) mass is 231 g/mol. The maximum Gasteiger partial charge on any atom is 0.308 e. The van der Waals surface area contributed by atoms with Gasteiger partial charge in [0.25, 0.3) is 0 Å². The molecule has 0 spiro atoms. The van der Waals surface area contributed by atoms with Crippen molar-refractivity contribution in [1.29, 1.82) is 0 Å². The third-order valence-electron chi connectivity index (χ3n) is 2.33. The van der Waals surface area contributed by atoms with Crippen molar-refractivity contribution in [3.05, 3.63) is 0 Å². The lowest BCUT2D eigenvalue weighted by atomic mass is 10.2. The summed E-state index contributed by atoms with van der Waals surface area (Å²) in [7, 11) is 0. The highest BCUT2D eigenvalue weighted by molar-refractivity contribution is 5.71. The summed E-state index contributed by atoms with van der Waals surface area (Å²) >= 11 is 0. The van der Waals surface area contributed by atoms with Crippen molar-refractivity contribution >= 4 is 5.97 Å². The lowest BCUT2D eigenvalue weighted by Crippen LogP contribution is -2.44. The molecule has 7 heteroatoms. The molecule has 2 heterocycles. The molecular weight excluding hydrogens is 214 g/mol. The zero-order valence-corrected chi connectivity index (χ0v) is 9.59. The first-order valence-corrected chi connectivity index (χ1v) is 5.51. The number of ether oxygens (including phenoxy) is 1. The Hall–Kier alpha value is -1.53. The number of esters is 1. The van der Waals surface area contributed by atoms with Gasteiger partial charge in [-0.15, -0.1) is 0 Å². The van der Waals surface area contributed by atoms with Gasteiger partial charge in [0.2, 0.25) is 0 Å². The van der Waals surface area contributed by atoms with Crippen molar-refractivity contribution in [1.82, 2.24) is 9.98 Å². The van der Waals surface area contributed by atoms with Crippen molar-refractivity contribution < 1.29 is 19.0 Å². The standard InChI is InChI=1S/C9H17N3O4/c1-8(2)9(13)14-6-7-15-12-11(16-12)10-4-3-5-10/h8H,3-7H2,1-2H3. The summed E-state index contributed by atoms with van der Waals surface area (Å²) in [4.78, 5) is 17.8. The van der Waals surface area contributed by atoms with Gasteiger partial charge in [-0.25, -0.2) is 0 Å². The third-order valence-corrected chi connectivity index (χ3v) is 2.33. The SMILES string of the molecule is CC(C)C(=O)OCCOn1on1N1CCC1. The molecule has 7 nitrogen and oxygen atoms in total. The zero-order chi connectivity index (χ0) is 11.5. The summed E-state index contributed by atoms with van der Waals surface area (Å²) < 4.78 is 9.94. The minimum atomic E-state index is -0.213. The predicted molar refractivity (Wildman–Crippen MR) is 54.5 cm³/mol. The van der Waals surface area contributed by atoms with Crippen LogP contribution in [-0.4, -0.2) is 42.3 Å². The van der Waals surface area contributed by atoms with Gasteiger partial charge in [-0.1, -0.05) is 13.8 Å². The van der Waals surface area contributed by atoms with Gasteiger partial charge < -0.3 is 9.57 Å². The second-order valence-electron chi connectivity index (χ2n) is 4.03. The highest BCUT2D eigenvalue weighted by Crippen LogP contribution is 2.07. The largest absolute Gasteiger partial charge is 0.462 e. The Kier molecular flexibility index (Phi) is 3.12. The fourth-order valence-corrected chi connectivity index (χ4v) is 1.17. The van der Waals surface area contributed by atoms with Crippen LogP contribution < -0.4 is 9.85 Å². The maximum absolute atomic E-state index is 11.1. The number of carbonyl (C=O) groups excluding carboxylic acids is 1. The molecule has 0 radical (unpaired) electrons. The molecule has 1 aliphatic rings. The molecule has 0 bridgehead atoms. The second-order valence-corrected chi connectivity index (χ2v) is 4.03. The van der Waals surface area contributed by atoms with Crippen LogP contribution in [0.2, 0.25) is 0 Å². The lowest BCUT2D eigenvalue weighted by Gasteiger charge is -2.25. The van der Waals surface area contributed by atoms with E-state index in [2.05, 4.69) is 0 Å². The molecule has 2 rings (SSSR count). The van der Waals surface area contributed by atoms with Crippen LogP contribution in [0, 0.1) is 5.92 Å². The van der Waals surface area contributed by atoms with Crippen LogP contribution in [-0.2, 0) is 9.53 Å². The van der Waals surface area contributed by atoms with Crippen LogP contribution in [0.4, 0.5) is 0 Å². The first-order valence-electron chi connectivity index (χ1n) is 5.51. The number of carbonyl (C=O) groups is 1. The van der Waals surface area contributed by atoms with Crippen LogP contribution in [0.15, 0.2) is 4.63 Å². The Labute approximate surface area is 93.3 Å². The first-order chi connectivity index (χ1) is 7.68. The Balaban J connectivity index is 1.55. The minimum Gasteiger partial charge on any atom is -0.462 e. The number of hydrogen-bond donors (Lipinski definition) is 0. The third kappa shape index (κ3) is 2.53. The molecular formula is C9H17N3O4. The molecule has 1 aromatic heterocycles. The average molecular weight is 231 g/mol. The molecule has 0 unspecified atom stereocenters. The Bertz CT molecular complexity index is 334. The molecule has 0 saturated carbocycles. The summed E-state index contributed by atoms with van der Waals surface area (Å²) in [5.41, 5.74) is 0. The van der Waals surface area contributed by atoms with Crippen LogP contribution in [0.3, 0.4) is 0 Å². The molecule has 0 atom stereocenters. The van der Waals surface area contributed by atoms with Gasteiger partial charge in [-0.05, 0) is 6.42 Å². The maximum atomic E-state index is 11.1. The molecule has 0 aromatic carbocycles. The zero-order valence-electron chi connectivity index (χ0n) is 9.59. The van der Waals surface area contributed by atoms with Crippen LogP contribution in [0.5, 0.6) is 0 Å². The summed E-state index contributed by atoms with van der Waals surface area (Å²) in [6.45, 7) is 6.10. The second kappa shape index (κ2) is 4.54. The fourth-order valence-electron chi connectivity index (χ4n) is 1.17. The molecule has 0 aliphatic carbocycles. The molecule has 0 N–H and O–H groups in total. The first kappa shape index (κ1) is 11.0. The van der Waals surface area contributed by atoms with E-state index in [4.69, 9.17) is 14.2 Å². The van der Waals surface area contributed by atoms with Gasteiger partial charge in [0.1, 0.15) is 11.6 Å². The average Bonchev–Trinajstić information content (AvgIpc) is 2.88. The van der Waals surface area contributed by atoms with Gasteiger partial charge in [0, 0.05) is 18.1 Å². The molecule has 0 amide bonds. The topological polar surface area (TPSA) is 61.8 Å². The Morgan fingerprint density at radius 1 is 1.38 bits per heavy atom. The van der Waals surface area contributed by atoms with Crippen molar-refractivity contribution in [3.8, 4) is 0 Å². The molecule has 1 aromatic rings. The summed E-state index contributed by atoms with van der Waals surface area (Å²) in [6, 6.07) is 0. The van der Waals surface area contributed by atoms with Crippen molar-refractivity contribution in [3.63, 3.8) is 0 Å². The van der Waals surface area contributed by atoms with Gasteiger partial charge in [0.05, 0.1) is 5.92 Å². The van der Waals surface area contributed by atoms with E-state index in [1.165, 1.54) is 11.4 Å². The molecule has 16 heavy (non-hydrogen) atoms. The Morgan fingerprint density at radius 3 is 2.69 bits per heavy atom. The predicted octanol–water partition coefficient (Wildman–Crippen LogP) is -0.148. The Morgan fingerprint density at radius 2 is 2.12 bits per heavy atom. The van der Waals surface area contributed by atoms with Crippen LogP contribution in [0.25, 0.3) is 0 Å². The van der Waals surface area contributed by atoms with Crippen LogP contribution in [0.1, 0.15) is 20.3 Å². The molecule has 1 saturated heterocycles. The van der Waals surface area contributed by atoms with E-state index in [9.17, 15) is 4.79 Å². The summed E-state index contributed by atoms with van der Waals surface area (Å²) in [5.74, 6) is -0.315. The fraction of sp³-hybridized carbons (Fsp3) is 0.889. The van der Waals surface area contributed by atoms with Gasteiger partial charge in [-0.3, -0.25) is 9.80 Å². The lowest BCUT2D eigenvalue weighted by molar-refractivity contribution is -0.149. The molecule has 1 aliphatic heterocycles. The smallest absolute Gasteiger partial charge is 0.308 e. The number of rotatable bonds is 6. The van der Waals surface area contributed by atoms with Crippen molar-refractivity contribution in [2.75, 3.05) is 31.3 Å². The molecule has 92 valence electrons. The quantitative estimate of drug-likeness (QED) is 0.503. The van der Waals surface area contributed by atoms with E-state index in [0.29, 0.717) is 6.61 Å².